The summed E-state index contributed by atoms with van der Waals surface area (Å²) < 4.78 is 11.4. The van der Waals surface area contributed by atoms with Gasteiger partial charge in [-0.05, 0) is 79.1 Å². The quantitative estimate of drug-likeness (QED) is 0.422. The van der Waals surface area contributed by atoms with Crippen LogP contribution in [0.5, 0.6) is 5.75 Å². The summed E-state index contributed by atoms with van der Waals surface area (Å²) in [7, 11) is 2.17. The van der Waals surface area contributed by atoms with Gasteiger partial charge in [-0.2, -0.15) is 0 Å². The molecule has 3 aromatic carbocycles. The summed E-state index contributed by atoms with van der Waals surface area (Å²) >= 11 is 6.04. The lowest BCUT2D eigenvalue weighted by Gasteiger charge is -2.31. The minimum absolute atomic E-state index is 0.101. The van der Waals surface area contributed by atoms with E-state index in [1.165, 1.54) is 5.56 Å². The van der Waals surface area contributed by atoms with Crippen molar-refractivity contribution in [3.63, 3.8) is 0 Å². The number of nitrogens with zero attached hydrogens (tertiary/aromatic N) is 1. The van der Waals surface area contributed by atoms with E-state index in [-0.39, 0.29) is 5.91 Å². The van der Waals surface area contributed by atoms with Crippen LogP contribution in [0.4, 0.5) is 5.69 Å². The number of hydrogen-bond acceptors (Lipinski definition) is 4. The van der Waals surface area contributed by atoms with E-state index >= 15 is 0 Å². The van der Waals surface area contributed by atoms with Gasteiger partial charge in [-0.15, -0.1) is 0 Å². The third kappa shape index (κ3) is 5.98. The molecule has 3 aromatic rings. The van der Waals surface area contributed by atoms with Crippen molar-refractivity contribution in [1.82, 2.24) is 4.90 Å². The van der Waals surface area contributed by atoms with E-state index in [1.54, 1.807) is 0 Å². The van der Waals surface area contributed by atoms with Gasteiger partial charge in [0, 0.05) is 54.1 Å². The van der Waals surface area contributed by atoms with Gasteiger partial charge in [-0.3, -0.25) is 9.69 Å². The summed E-state index contributed by atoms with van der Waals surface area (Å²) in [5.74, 6) is 0.684. The lowest BCUT2D eigenvalue weighted by Crippen LogP contribution is -2.36. The molecule has 1 fully saturated rings. The standard InChI is InChI=1S/C30H31ClN2O3/c1-33(28-13-15-35-16-14-28)20-21-2-9-27(10-3-21)32-30(34)24-12-17-36-29-11-6-23(18-25(29)19-24)22-4-7-26(31)8-5-22/h2-11,18-19,28H,12-17,20H2,1H3,(H,32,34). The molecule has 0 saturated carbocycles. The van der Waals surface area contributed by atoms with Gasteiger partial charge in [0.25, 0.3) is 5.91 Å². The zero-order valence-electron chi connectivity index (χ0n) is 20.5. The number of hydrogen-bond donors (Lipinski definition) is 1. The Morgan fingerprint density at radius 3 is 2.44 bits per heavy atom. The van der Waals surface area contributed by atoms with Crippen molar-refractivity contribution >= 4 is 29.3 Å². The normalized spacial score (nSPS) is 16.0. The van der Waals surface area contributed by atoms with Crippen molar-refractivity contribution in [1.29, 1.82) is 0 Å². The number of anilines is 1. The predicted octanol–water partition coefficient (Wildman–Crippen LogP) is 6.42. The molecule has 2 aliphatic rings. The first kappa shape index (κ1) is 24.6. The van der Waals surface area contributed by atoms with E-state index in [2.05, 4.69) is 35.5 Å². The molecule has 0 unspecified atom stereocenters. The monoisotopic (exact) mass is 502 g/mol. The van der Waals surface area contributed by atoms with Gasteiger partial charge in [0.1, 0.15) is 5.75 Å². The van der Waals surface area contributed by atoms with Crippen LogP contribution < -0.4 is 10.1 Å². The summed E-state index contributed by atoms with van der Waals surface area (Å²) in [5, 5.41) is 3.76. The third-order valence-corrected chi connectivity index (χ3v) is 7.15. The summed E-state index contributed by atoms with van der Waals surface area (Å²) in [5.41, 5.74) is 5.73. The summed E-state index contributed by atoms with van der Waals surface area (Å²) in [6.45, 7) is 3.03. The maximum Gasteiger partial charge on any atom is 0.251 e. The highest BCUT2D eigenvalue weighted by atomic mass is 35.5. The maximum atomic E-state index is 13.1. The first-order chi connectivity index (χ1) is 17.5. The average molecular weight is 503 g/mol. The molecule has 1 amide bonds. The predicted molar refractivity (Wildman–Crippen MR) is 145 cm³/mol. The van der Waals surface area contributed by atoms with E-state index in [0.29, 0.717) is 29.7 Å². The largest absolute Gasteiger partial charge is 0.493 e. The number of nitrogens with one attached hydrogen (secondary N) is 1. The Hall–Kier alpha value is -3.12. The highest BCUT2D eigenvalue weighted by Gasteiger charge is 2.19. The summed E-state index contributed by atoms with van der Waals surface area (Å²) in [6, 6.07) is 22.5. The molecule has 1 saturated heterocycles. The van der Waals surface area contributed by atoms with Crippen molar-refractivity contribution in [3.05, 3.63) is 88.5 Å². The molecule has 5 rings (SSSR count). The van der Waals surface area contributed by atoms with Crippen LogP contribution in [0.2, 0.25) is 5.02 Å². The second-order valence-electron chi connectivity index (χ2n) is 9.44. The van der Waals surface area contributed by atoms with E-state index in [1.807, 2.05) is 54.6 Å². The van der Waals surface area contributed by atoms with Gasteiger partial charge in [-0.25, -0.2) is 0 Å². The van der Waals surface area contributed by atoms with Crippen molar-refractivity contribution < 1.29 is 14.3 Å². The smallest absolute Gasteiger partial charge is 0.251 e. The SMILES string of the molecule is CN(Cc1ccc(NC(=O)C2=Cc3cc(-c4ccc(Cl)cc4)ccc3OCC2)cc1)C1CCOCC1. The molecule has 0 atom stereocenters. The fourth-order valence-electron chi connectivity index (χ4n) is 4.77. The molecule has 2 aliphatic heterocycles. The number of carbonyl (C=O) groups excluding carboxylic acids is 1. The maximum absolute atomic E-state index is 13.1. The number of amides is 1. The fourth-order valence-corrected chi connectivity index (χ4v) is 4.90. The molecule has 0 bridgehead atoms. The van der Waals surface area contributed by atoms with Crippen LogP contribution in [0.15, 0.2) is 72.3 Å². The molecule has 6 heteroatoms. The van der Waals surface area contributed by atoms with Crippen LogP contribution >= 0.6 is 11.6 Å². The van der Waals surface area contributed by atoms with Crippen LogP contribution in [-0.4, -0.2) is 43.7 Å². The topological polar surface area (TPSA) is 50.8 Å². The zero-order chi connectivity index (χ0) is 24.9. The van der Waals surface area contributed by atoms with Crippen molar-refractivity contribution in [2.45, 2.75) is 31.8 Å². The number of carbonyl (C=O) groups is 1. The molecule has 1 N–H and O–H groups in total. The van der Waals surface area contributed by atoms with Crippen LogP contribution in [-0.2, 0) is 16.1 Å². The first-order valence-corrected chi connectivity index (χ1v) is 12.8. The van der Waals surface area contributed by atoms with Crippen molar-refractivity contribution in [2.24, 2.45) is 0 Å². The molecule has 2 heterocycles. The summed E-state index contributed by atoms with van der Waals surface area (Å²) in [6.07, 6.45) is 4.64. The van der Waals surface area contributed by atoms with Crippen LogP contribution in [0.25, 0.3) is 17.2 Å². The lowest BCUT2D eigenvalue weighted by molar-refractivity contribution is -0.113. The van der Waals surface area contributed by atoms with Crippen molar-refractivity contribution in [2.75, 3.05) is 32.2 Å². The Kier molecular flexibility index (Phi) is 7.71. The molecule has 0 spiro atoms. The molecule has 0 aromatic heterocycles. The van der Waals surface area contributed by atoms with Crippen LogP contribution in [0.1, 0.15) is 30.4 Å². The first-order valence-electron chi connectivity index (χ1n) is 12.5. The number of rotatable bonds is 6. The number of fused-ring (bicyclic) bond motifs is 1. The second kappa shape index (κ2) is 11.3. The number of benzene rings is 3. The molecule has 36 heavy (non-hydrogen) atoms. The third-order valence-electron chi connectivity index (χ3n) is 6.90. The van der Waals surface area contributed by atoms with E-state index in [4.69, 9.17) is 21.1 Å². The van der Waals surface area contributed by atoms with Gasteiger partial charge in [0.15, 0.2) is 0 Å². The average Bonchev–Trinajstić information content (AvgIpc) is 3.13. The van der Waals surface area contributed by atoms with Crippen molar-refractivity contribution in [3.8, 4) is 16.9 Å². The van der Waals surface area contributed by atoms with E-state index in [9.17, 15) is 4.79 Å². The Balaban J connectivity index is 1.26. The van der Waals surface area contributed by atoms with Gasteiger partial charge in [0.05, 0.1) is 6.61 Å². The Morgan fingerprint density at radius 2 is 1.69 bits per heavy atom. The molecule has 186 valence electrons. The van der Waals surface area contributed by atoms with Crippen LogP contribution in [0, 0.1) is 0 Å². The number of ether oxygens (including phenoxy) is 2. The van der Waals surface area contributed by atoms with Gasteiger partial charge in [0.2, 0.25) is 0 Å². The molecular weight excluding hydrogens is 472 g/mol. The lowest BCUT2D eigenvalue weighted by atomic mass is 10.0. The molecule has 0 radical (unpaired) electrons. The second-order valence-corrected chi connectivity index (χ2v) is 9.87. The number of halogens is 1. The Labute approximate surface area is 217 Å². The highest BCUT2D eigenvalue weighted by Crippen LogP contribution is 2.32. The summed E-state index contributed by atoms with van der Waals surface area (Å²) in [4.78, 5) is 15.5. The Morgan fingerprint density at radius 1 is 0.972 bits per heavy atom. The highest BCUT2D eigenvalue weighted by molar-refractivity contribution is 6.30. The van der Waals surface area contributed by atoms with Gasteiger partial charge in [-0.1, -0.05) is 41.9 Å². The molecule has 0 aliphatic carbocycles. The zero-order valence-corrected chi connectivity index (χ0v) is 21.3. The minimum atomic E-state index is -0.101. The molecule has 5 nitrogen and oxygen atoms in total. The molecular formula is C30H31ClN2O3. The Bertz CT molecular complexity index is 1230. The minimum Gasteiger partial charge on any atom is -0.493 e. The van der Waals surface area contributed by atoms with Crippen LogP contribution in [0.3, 0.4) is 0 Å². The van der Waals surface area contributed by atoms with Gasteiger partial charge >= 0.3 is 0 Å². The fraction of sp³-hybridized carbons (Fsp3) is 0.300. The van der Waals surface area contributed by atoms with E-state index < -0.39 is 0 Å². The van der Waals surface area contributed by atoms with Gasteiger partial charge < -0.3 is 14.8 Å². The van der Waals surface area contributed by atoms with E-state index in [0.717, 1.165) is 60.7 Å².